The molecule has 0 saturated heterocycles. The van der Waals surface area contributed by atoms with Crippen molar-refractivity contribution in [3.63, 3.8) is 0 Å². The SMILES string of the molecule is O=C(CCSc1nc2ccccc2s1)OCc1cc(-c2ccccc2)on1. The summed E-state index contributed by atoms with van der Waals surface area (Å²) >= 11 is 3.21. The van der Waals surface area contributed by atoms with E-state index in [0.29, 0.717) is 23.6 Å². The number of nitrogens with zero attached hydrogens (tertiary/aromatic N) is 2. The maximum absolute atomic E-state index is 11.9. The summed E-state index contributed by atoms with van der Waals surface area (Å²) in [6, 6.07) is 19.5. The van der Waals surface area contributed by atoms with E-state index in [-0.39, 0.29) is 12.6 Å². The molecule has 2 aromatic carbocycles. The van der Waals surface area contributed by atoms with Gasteiger partial charge in [0, 0.05) is 17.4 Å². The van der Waals surface area contributed by atoms with Crippen LogP contribution in [0, 0.1) is 0 Å². The minimum absolute atomic E-state index is 0.112. The Morgan fingerprint density at radius 3 is 2.78 bits per heavy atom. The molecule has 0 radical (unpaired) electrons. The van der Waals surface area contributed by atoms with Gasteiger partial charge in [-0.15, -0.1) is 11.3 Å². The lowest BCUT2D eigenvalue weighted by atomic mass is 10.2. The number of para-hydroxylation sites is 1. The van der Waals surface area contributed by atoms with Crippen LogP contribution in [0.25, 0.3) is 21.5 Å². The molecule has 0 unspecified atom stereocenters. The first kappa shape index (κ1) is 17.8. The maximum Gasteiger partial charge on any atom is 0.307 e. The van der Waals surface area contributed by atoms with E-state index in [4.69, 9.17) is 9.26 Å². The molecule has 0 N–H and O–H groups in total. The number of thiazole rings is 1. The third-order valence-electron chi connectivity index (χ3n) is 3.80. The highest BCUT2D eigenvalue weighted by Crippen LogP contribution is 2.29. The molecule has 0 spiro atoms. The summed E-state index contributed by atoms with van der Waals surface area (Å²) < 4.78 is 12.7. The van der Waals surface area contributed by atoms with Gasteiger partial charge < -0.3 is 9.26 Å². The Bertz CT molecular complexity index is 1010. The number of ether oxygens (including phenoxy) is 1. The predicted octanol–water partition coefficient (Wildman–Crippen LogP) is 5.18. The summed E-state index contributed by atoms with van der Waals surface area (Å²) in [4.78, 5) is 16.5. The number of esters is 1. The van der Waals surface area contributed by atoms with Crippen LogP contribution >= 0.6 is 23.1 Å². The number of aromatic nitrogens is 2. The van der Waals surface area contributed by atoms with E-state index in [1.54, 1.807) is 29.2 Å². The summed E-state index contributed by atoms with van der Waals surface area (Å²) in [5, 5.41) is 3.95. The van der Waals surface area contributed by atoms with E-state index in [0.717, 1.165) is 20.1 Å². The number of carbonyl (C=O) groups excluding carboxylic acids is 1. The largest absolute Gasteiger partial charge is 0.459 e. The second-order valence-electron chi connectivity index (χ2n) is 5.76. The van der Waals surface area contributed by atoms with Crippen molar-refractivity contribution >= 4 is 39.3 Å². The zero-order chi connectivity index (χ0) is 18.5. The molecule has 5 nitrogen and oxygen atoms in total. The van der Waals surface area contributed by atoms with Crippen LogP contribution in [0.4, 0.5) is 0 Å². The van der Waals surface area contributed by atoms with Gasteiger partial charge in [0.1, 0.15) is 12.3 Å². The van der Waals surface area contributed by atoms with E-state index in [1.165, 1.54) is 0 Å². The van der Waals surface area contributed by atoms with Crippen LogP contribution < -0.4 is 0 Å². The van der Waals surface area contributed by atoms with Crippen LogP contribution in [-0.2, 0) is 16.1 Å². The number of carbonyl (C=O) groups is 1. The summed E-state index contributed by atoms with van der Waals surface area (Å²) in [7, 11) is 0. The summed E-state index contributed by atoms with van der Waals surface area (Å²) in [6.07, 6.45) is 0.323. The normalized spacial score (nSPS) is 11.0. The molecule has 0 aliphatic heterocycles. The van der Waals surface area contributed by atoms with Crippen molar-refractivity contribution in [2.24, 2.45) is 0 Å². The second kappa shape index (κ2) is 8.37. The Kier molecular flexibility index (Phi) is 5.50. The molecule has 4 rings (SSSR count). The smallest absolute Gasteiger partial charge is 0.307 e. The Labute approximate surface area is 164 Å². The quantitative estimate of drug-likeness (QED) is 0.317. The lowest BCUT2D eigenvalue weighted by molar-refractivity contribution is -0.144. The van der Waals surface area contributed by atoms with Crippen molar-refractivity contribution in [2.75, 3.05) is 5.75 Å². The van der Waals surface area contributed by atoms with Crippen molar-refractivity contribution < 1.29 is 14.1 Å². The van der Waals surface area contributed by atoms with Crippen LogP contribution in [0.15, 0.2) is 69.5 Å². The fraction of sp³-hybridized carbons (Fsp3) is 0.150. The van der Waals surface area contributed by atoms with Gasteiger partial charge in [0.2, 0.25) is 0 Å². The van der Waals surface area contributed by atoms with Crippen LogP contribution in [0.5, 0.6) is 0 Å². The van der Waals surface area contributed by atoms with Crippen LogP contribution in [0.2, 0.25) is 0 Å². The first-order valence-electron chi connectivity index (χ1n) is 8.43. The predicted molar refractivity (Wildman–Crippen MR) is 107 cm³/mol. The minimum atomic E-state index is -0.257. The monoisotopic (exact) mass is 396 g/mol. The van der Waals surface area contributed by atoms with Crippen molar-refractivity contribution in [2.45, 2.75) is 17.4 Å². The van der Waals surface area contributed by atoms with Crippen LogP contribution in [0.1, 0.15) is 12.1 Å². The zero-order valence-electron chi connectivity index (χ0n) is 14.3. The number of hydrogen-bond donors (Lipinski definition) is 0. The molecule has 4 aromatic rings. The zero-order valence-corrected chi connectivity index (χ0v) is 16.0. The van der Waals surface area contributed by atoms with Crippen molar-refractivity contribution in [3.05, 3.63) is 66.4 Å². The summed E-state index contributed by atoms with van der Waals surface area (Å²) in [6.45, 7) is 0.112. The van der Waals surface area contributed by atoms with E-state index < -0.39 is 0 Å². The topological polar surface area (TPSA) is 65.2 Å². The second-order valence-corrected chi connectivity index (χ2v) is 8.13. The van der Waals surface area contributed by atoms with Gasteiger partial charge in [-0.1, -0.05) is 59.4 Å². The number of hydrogen-bond acceptors (Lipinski definition) is 7. The molecular weight excluding hydrogens is 380 g/mol. The molecule has 0 bridgehead atoms. The first-order chi connectivity index (χ1) is 13.3. The molecule has 0 atom stereocenters. The van der Waals surface area contributed by atoms with Crippen molar-refractivity contribution in [1.29, 1.82) is 0 Å². The van der Waals surface area contributed by atoms with Crippen LogP contribution in [-0.4, -0.2) is 21.9 Å². The van der Waals surface area contributed by atoms with E-state index in [9.17, 15) is 4.79 Å². The number of fused-ring (bicyclic) bond motifs is 1. The highest BCUT2D eigenvalue weighted by Gasteiger charge is 2.10. The Morgan fingerprint density at radius 1 is 1.11 bits per heavy atom. The average molecular weight is 396 g/mol. The fourth-order valence-corrected chi connectivity index (χ4v) is 4.54. The fourth-order valence-electron chi connectivity index (χ4n) is 2.48. The van der Waals surface area contributed by atoms with E-state index in [2.05, 4.69) is 10.1 Å². The number of benzene rings is 2. The van der Waals surface area contributed by atoms with Gasteiger partial charge in [0.25, 0.3) is 0 Å². The third-order valence-corrected chi connectivity index (χ3v) is 5.99. The van der Waals surface area contributed by atoms with E-state index in [1.807, 2.05) is 54.6 Å². The van der Waals surface area contributed by atoms with Gasteiger partial charge in [-0.2, -0.15) is 0 Å². The summed E-state index contributed by atoms with van der Waals surface area (Å²) in [5.41, 5.74) is 2.53. The van der Waals surface area contributed by atoms with Crippen LogP contribution in [0.3, 0.4) is 0 Å². The first-order valence-corrected chi connectivity index (χ1v) is 10.2. The molecular formula is C20H16N2O3S2. The number of rotatable bonds is 7. The molecule has 7 heteroatoms. The molecule has 136 valence electrons. The van der Waals surface area contributed by atoms with Gasteiger partial charge in [0.15, 0.2) is 10.1 Å². The third kappa shape index (κ3) is 4.56. The highest BCUT2D eigenvalue weighted by atomic mass is 32.2. The Balaban J connectivity index is 1.23. The Hall–Kier alpha value is -2.64. The molecule has 27 heavy (non-hydrogen) atoms. The Morgan fingerprint density at radius 2 is 1.93 bits per heavy atom. The van der Waals surface area contributed by atoms with Gasteiger partial charge in [0.05, 0.1) is 16.6 Å². The average Bonchev–Trinajstić information content (AvgIpc) is 3.34. The molecule has 0 amide bonds. The molecule has 0 saturated carbocycles. The van der Waals surface area contributed by atoms with Crippen molar-refractivity contribution in [1.82, 2.24) is 10.1 Å². The molecule has 2 aromatic heterocycles. The minimum Gasteiger partial charge on any atom is -0.459 e. The standard InChI is InChI=1S/C20H16N2O3S2/c23-19(10-11-26-20-21-16-8-4-5-9-18(16)27-20)24-13-15-12-17(25-22-15)14-6-2-1-3-7-14/h1-9,12H,10-11,13H2. The molecule has 0 aliphatic rings. The summed E-state index contributed by atoms with van der Waals surface area (Å²) in [5.74, 6) is 1.04. The van der Waals surface area contributed by atoms with Crippen molar-refractivity contribution in [3.8, 4) is 11.3 Å². The highest BCUT2D eigenvalue weighted by molar-refractivity contribution is 8.01. The number of thioether (sulfide) groups is 1. The maximum atomic E-state index is 11.9. The molecule has 0 aliphatic carbocycles. The van der Waals surface area contributed by atoms with Gasteiger partial charge in [-0.25, -0.2) is 4.98 Å². The molecule has 2 heterocycles. The van der Waals surface area contributed by atoms with Gasteiger partial charge >= 0.3 is 5.97 Å². The lowest BCUT2D eigenvalue weighted by Gasteiger charge is -2.01. The van der Waals surface area contributed by atoms with Gasteiger partial charge in [-0.05, 0) is 12.1 Å². The van der Waals surface area contributed by atoms with E-state index >= 15 is 0 Å². The van der Waals surface area contributed by atoms with Gasteiger partial charge in [-0.3, -0.25) is 4.79 Å². The molecule has 0 fully saturated rings. The lowest BCUT2D eigenvalue weighted by Crippen LogP contribution is -2.05.